The molecular weight excluding hydrogens is 615 g/mol. The van der Waals surface area contributed by atoms with Crippen LogP contribution in [0.4, 0.5) is 74.6 Å². The Morgan fingerprint density at radius 2 is 0.700 bits per heavy atom. The Morgan fingerprint density at radius 3 is 0.867 bits per heavy atom. The van der Waals surface area contributed by atoms with Crippen LogP contribution in [-0.4, -0.2) is 51.9 Å². The topological polar surface area (TPSA) is 0 Å². The Morgan fingerprint density at radius 1 is 0.500 bits per heavy atom. The SMILES string of the molecule is C=CCBr.FC(F)(F)C(F)(F)C(F)(F)C(F)(F)C(F)(F)C(F)(F)C(F)(F)C(F)(F)Br. The quantitative estimate of drug-likeness (QED) is 0.154. The van der Waals surface area contributed by atoms with Crippen molar-refractivity contribution in [2.45, 2.75) is 46.5 Å². The fraction of sp³-hybridized carbons (Fsp3) is 0.818. The molecule has 0 nitrogen and oxygen atoms in total. The molecule has 0 fully saturated rings. The molecule has 0 unspecified atom stereocenters. The summed E-state index contributed by atoms with van der Waals surface area (Å²) in [6.45, 7) is 3.43. The molecular formula is C11H5Br2F17. The van der Waals surface area contributed by atoms with E-state index < -0.39 is 46.5 Å². The molecule has 0 N–H and O–H groups in total. The van der Waals surface area contributed by atoms with Gasteiger partial charge >= 0.3 is 46.5 Å². The number of halogens is 19. The molecule has 182 valence electrons. The van der Waals surface area contributed by atoms with E-state index in [4.69, 9.17) is 0 Å². The summed E-state index contributed by atoms with van der Waals surface area (Å²) in [4.78, 5) is -6.50. The first-order valence-electron chi connectivity index (χ1n) is 6.24. The summed E-state index contributed by atoms with van der Waals surface area (Å²) < 4.78 is 212. The molecule has 0 atom stereocenters. The lowest BCUT2D eigenvalue weighted by molar-refractivity contribution is -0.457. The van der Waals surface area contributed by atoms with E-state index in [0.717, 1.165) is 5.33 Å². The molecule has 19 heteroatoms. The van der Waals surface area contributed by atoms with Gasteiger partial charge in [0.15, 0.2) is 0 Å². The van der Waals surface area contributed by atoms with Crippen LogP contribution in [0.25, 0.3) is 0 Å². The average molecular weight is 620 g/mol. The zero-order valence-electron chi connectivity index (χ0n) is 13.2. The number of rotatable bonds is 7. The second-order valence-corrected chi connectivity index (χ2v) is 6.53. The first-order valence-corrected chi connectivity index (χ1v) is 8.15. The molecule has 0 aliphatic heterocycles. The van der Waals surface area contributed by atoms with Crippen LogP contribution >= 0.6 is 31.9 Å². The Bertz CT molecular complexity index is 537. The number of hydrogen-bond donors (Lipinski definition) is 0. The summed E-state index contributed by atoms with van der Waals surface area (Å²) in [5.74, 6) is -49.6. The summed E-state index contributed by atoms with van der Waals surface area (Å²) in [5, 5.41) is 0.896. The molecule has 0 saturated carbocycles. The van der Waals surface area contributed by atoms with Crippen molar-refractivity contribution >= 4 is 31.9 Å². The Balaban J connectivity index is 0. The first kappa shape index (κ1) is 31.7. The largest absolute Gasteiger partial charge is 0.460 e. The van der Waals surface area contributed by atoms with E-state index in [2.05, 4.69) is 22.5 Å². The zero-order chi connectivity index (χ0) is 25.4. The van der Waals surface area contributed by atoms with Gasteiger partial charge in [-0.1, -0.05) is 22.0 Å². The third-order valence-corrected chi connectivity index (χ3v) is 3.75. The summed E-state index contributed by atoms with van der Waals surface area (Å²) >= 11 is 3.49. The van der Waals surface area contributed by atoms with E-state index >= 15 is 0 Å². The second kappa shape index (κ2) is 8.80. The molecule has 0 saturated heterocycles. The Hall–Kier alpha value is -0.490. The number of allylic oxidation sites excluding steroid dienone is 1. The second-order valence-electron chi connectivity index (χ2n) is 4.88. The molecule has 0 amide bonds. The minimum atomic E-state index is -8.58. The molecule has 0 aromatic heterocycles. The minimum Gasteiger partial charge on any atom is -0.192 e. The van der Waals surface area contributed by atoms with Gasteiger partial charge in [0.05, 0.1) is 0 Å². The van der Waals surface area contributed by atoms with Crippen molar-refractivity contribution in [3.63, 3.8) is 0 Å². The highest BCUT2D eigenvalue weighted by molar-refractivity contribution is 9.10. The van der Waals surface area contributed by atoms with Crippen LogP contribution in [0.1, 0.15) is 0 Å². The molecule has 0 aliphatic rings. The van der Waals surface area contributed by atoms with Crippen LogP contribution in [0.5, 0.6) is 0 Å². The zero-order valence-corrected chi connectivity index (χ0v) is 16.3. The molecule has 30 heavy (non-hydrogen) atoms. The molecule has 0 heterocycles. The maximum Gasteiger partial charge on any atom is 0.460 e. The van der Waals surface area contributed by atoms with Crippen LogP contribution in [0.2, 0.25) is 0 Å². The van der Waals surface area contributed by atoms with Gasteiger partial charge in [0.1, 0.15) is 0 Å². The van der Waals surface area contributed by atoms with Crippen LogP contribution < -0.4 is 0 Å². The van der Waals surface area contributed by atoms with Gasteiger partial charge in [-0.3, -0.25) is 0 Å². The standard InChI is InChI=1S/C8BrF17.C3H5Br/c9-7(22,23)5(18,19)3(14,15)1(10,11)2(12,13)4(16,17)6(20,21)8(24,25)26;1-2-3-4/h;2H,1,3H2. The molecule has 0 aromatic rings. The van der Waals surface area contributed by atoms with Gasteiger partial charge in [-0.15, -0.1) is 6.58 Å². The van der Waals surface area contributed by atoms with Crippen molar-refractivity contribution in [3.8, 4) is 0 Å². The van der Waals surface area contributed by atoms with Gasteiger partial charge in [0.2, 0.25) is 0 Å². The smallest absolute Gasteiger partial charge is 0.192 e. The van der Waals surface area contributed by atoms with Crippen LogP contribution in [-0.2, 0) is 0 Å². The fourth-order valence-corrected chi connectivity index (χ4v) is 1.39. The first-order chi connectivity index (χ1) is 12.7. The Labute approximate surface area is 171 Å². The Kier molecular flexibility index (Phi) is 9.30. The molecule has 0 bridgehead atoms. The predicted molar refractivity (Wildman–Crippen MR) is 73.6 cm³/mol. The lowest BCUT2D eigenvalue weighted by atomic mass is 9.91. The summed E-state index contributed by atoms with van der Waals surface area (Å²) in [7, 11) is 0. The molecule has 0 aromatic carbocycles. The van der Waals surface area contributed by atoms with Gasteiger partial charge in [0, 0.05) is 5.33 Å². The van der Waals surface area contributed by atoms with E-state index in [1.54, 1.807) is 6.08 Å². The van der Waals surface area contributed by atoms with Gasteiger partial charge in [-0.05, 0) is 15.9 Å². The molecule has 0 spiro atoms. The van der Waals surface area contributed by atoms with E-state index in [9.17, 15) is 74.6 Å². The molecule has 0 radical (unpaired) electrons. The van der Waals surface area contributed by atoms with E-state index in [1.807, 2.05) is 0 Å². The highest BCUT2D eigenvalue weighted by Gasteiger charge is 2.95. The van der Waals surface area contributed by atoms with Gasteiger partial charge in [-0.2, -0.15) is 74.6 Å². The summed E-state index contributed by atoms with van der Waals surface area (Å²) in [6, 6.07) is 0. The van der Waals surface area contributed by atoms with Crippen molar-refractivity contribution in [2.24, 2.45) is 0 Å². The van der Waals surface area contributed by atoms with Gasteiger partial charge in [0.25, 0.3) is 0 Å². The average Bonchev–Trinajstić information content (AvgIpc) is 2.51. The predicted octanol–water partition coefficient (Wildman–Crippen LogP) is 7.92. The number of hydrogen-bond acceptors (Lipinski definition) is 0. The van der Waals surface area contributed by atoms with Crippen LogP contribution in [0.15, 0.2) is 12.7 Å². The van der Waals surface area contributed by atoms with E-state index in [-0.39, 0.29) is 0 Å². The van der Waals surface area contributed by atoms with Crippen LogP contribution in [0, 0.1) is 0 Å². The highest BCUT2D eigenvalue weighted by atomic mass is 79.9. The maximum atomic E-state index is 12.9. The normalized spacial score (nSPS) is 15.4. The van der Waals surface area contributed by atoms with E-state index in [1.165, 1.54) is 0 Å². The van der Waals surface area contributed by atoms with Crippen molar-refractivity contribution in [2.75, 3.05) is 5.33 Å². The van der Waals surface area contributed by atoms with E-state index in [0.29, 0.717) is 15.9 Å². The maximum absolute atomic E-state index is 12.9. The minimum absolute atomic E-state index is 0.360. The monoisotopic (exact) mass is 618 g/mol. The third kappa shape index (κ3) is 4.79. The molecule has 0 rings (SSSR count). The van der Waals surface area contributed by atoms with Crippen LogP contribution in [0.3, 0.4) is 0 Å². The molecule has 0 aliphatic carbocycles. The van der Waals surface area contributed by atoms with Gasteiger partial charge in [-0.25, -0.2) is 0 Å². The van der Waals surface area contributed by atoms with Crippen molar-refractivity contribution in [3.05, 3.63) is 12.7 Å². The van der Waals surface area contributed by atoms with Gasteiger partial charge < -0.3 is 0 Å². The lowest BCUT2D eigenvalue weighted by Crippen LogP contribution is -2.74. The summed E-state index contributed by atoms with van der Waals surface area (Å²) in [6.07, 6.45) is -5.95. The lowest BCUT2D eigenvalue weighted by Gasteiger charge is -2.42. The third-order valence-electron chi connectivity index (χ3n) is 2.79. The number of alkyl halides is 19. The fourth-order valence-electron chi connectivity index (χ4n) is 1.14. The van der Waals surface area contributed by atoms with Crippen molar-refractivity contribution < 1.29 is 74.6 Å². The van der Waals surface area contributed by atoms with Crippen molar-refractivity contribution in [1.82, 2.24) is 0 Å². The highest BCUT2D eigenvalue weighted by Crippen LogP contribution is 2.64. The van der Waals surface area contributed by atoms with Crippen molar-refractivity contribution in [1.29, 1.82) is 0 Å². The summed E-state index contributed by atoms with van der Waals surface area (Å²) in [5.41, 5.74) is 0.